The van der Waals surface area contributed by atoms with E-state index in [1.807, 2.05) is 40.0 Å². The lowest BCUT2D eigenvalue weighted by molar-refractivity contribution is 0.397. The molecule has 0 aliphatic heterocycles. The number of aromatic nitrogens is 1. The zero-order valence-corrected chi connectivity index (χ0v) is 14.5. The number of nitrogens with zero attached hydrogens (tertiary/aromatic N) is 1. The van der Waals surface area contributed by atoms with Gasteiger partial charge in [0, 0.05) is 11.4 Å². The highest BCUT2D eigenvalue weighted by Crippen LogP contribution is 2.23. The average molecular weight is 319 g/mol. The molecule has 1 unspecified atom stereocenters. The lowest BCUT2D eigenvalue weighted by Gasteiger charge is -2.17. The van der Waals surface area contributed by atoms with Crippen molar-refractivity contribution in [2.24, 2.45) is 5.41 Å². The van der Waals surface area contributed by atoms with Gasteiger partial charge in [-0.15, -0.1) is 11.3 Å². The van der Waals surface area contributed by atoms with Crippen molar-refractivity contribution >= 4 is 26.5 Å². The maximum absolute atomic E-state index is 12.0. The van der Waals surface area contributed by atoms with Crippen LogP contribution in [0.15, 0.2) is 5.38 Å². The third-order valence-electron chi connectivity index (χ3n) is 2.84. The van der Waals surface area contributed by atoms with Gasteiger partial charge in [-0.3, -0.25) is 4.72 Å². The monoisotopic (exact) mass is 319 g/mol. The molecule has 0 saturated carbocycles. The Labute approximate surface area is 126 Å². The molecule has 0 bridgehead atoms. The first-order chi connectivity index (χ1) is 9.13. The van der Waals surface area contributed by atoms with E-state index >= 15 is 0 Å². The first-order valence-electron chi connectivity index (χ1n) is 6.82. The Morgan fingerprint density at radius 1 is 1.40 bits per heavy atom. The number of hydrogen-bond donors (Lipinski definition) is 2. The summed E-state index contributed by atoms with van der Waals surface area (Å²) >= 11 is 1.32. The molecule has 7 heteroatoms. The molecule has 1 atom stereocenters. The lowest BCUT2D eigenvalue weighted by atomic mass is 9.94. The summed E-state index contributed by atoms with van der Waals surface area (Å²) in [5, 5.41) is 5.58. The van der Waals surface area contributed by atoms with Crippen LogP contribution in [0.25, 0.3) is 0 Å². The van der Waals surface area contributed by atoms with Gasteiger partial charge in [-0.2, -0.15) is 0 Å². The first kappa shape index (κ1) is 17.4. The minimum absolute atomic E-state index is 0.00233. The molecule has 2 N–H and O–H groups in total. The van der Waals surface area contributed by atoms with Crippen LogP contribution >= 0.6 is 11.3 Å². The van der Waals surface area contributed by atoms with Crippen molar-refractivity contribution in [2.75, 3.05) is 17.0 Å². The lowest BCUT2D eigenvalue weighted by Crippen LogP contribution is -2.21. The normalized spacial score (nSPS) is 14.2. The highest BCUT2D eigenvalue weighted by Gasteiger charge is 2.19. The molecule has 20 heavy (non-hydrogen) atoms. The third kappa shape index (κ3) is 6.19. The van der Waals surface area contributed by atoms with E-state index in [9.17, 15) is 8.42 Å². The summed E-state index contributed by atoms with van der Waals surface area (Å²) in [7, 11) is -3.31. The summed E-state index contributed by atoms with van der Waals surface area (Å²) in [6, 6.07) is 0.129. The van der Waals surface area contributed by atoms with Crippen LogP contribution in [0.1, 0.15) is 52.8 Å². The zero-order valence-electron chi connectivity index (χ0n) is 12.9. The van der Waals surface area contributed by atoms with Gasteiger partial charge in [0.1, 0.15) is 0 Å². The molecular formula is C13H25N3O2S2. The number of rotatable bonds is 7. The maximum atomic E-state index is 12.0. The zero-order chi connectivity index (χ0) is 15.4. The van der Waals surface area contributed by atoms with Crippen LogP contribution in [-0.2, 0) is 10.0 Å². The van der Waals surface area contributed by atoms with Crippen LogP contribution in [0.4, 0.5) is 5.13 Å². The molecule has 0 spiro atoms. The second kappa shape index (κ2) is 6.87. The predicted octanol–water partition coefficient (Wildman–Crippen LogP) is 2.99. The van der Waals surface area contributed by atoms with Gasteiger partial charge in [0.05, 0.1) is 11.4 Å². The fourth-order valence-electron chi connectivity index (χ4n) is 1.57. The van der Waals surface area contributed by atoms with Crippen LogP contribution in [0.5, 0.6) is 0 Å². The molecule has 0 fully saturated rings. The molecule has 5 nitrogen and oxygen atoms in total. The van der Waals surface area contributed by atoms with Crippen molar-refractivity contribution in [1.82, 2.24) is 10.3 Å². The molecule has 0 aliphatic carbocycles. The van der Waals surface area contributed by atoms with E-state index in [1.54, 1.807) is 0 Å². The van der Waals surface area contributed by atoms with Gasteiger partial charge in [0.2, 0.25) is 10.0 Å². The van der Waals surface area contributed by atoms with Gasteiger partial charge < -0.3 is 5.32 Å². The number of nitrogens with one attached hydrogen (secondary N) is 2. The molecule has 0 radical (unpaired) electrons. The van der Waals surface area contributed by atoms with Gasteiger partial charge in [-0.25, -0.2) is 13.4 Å². The van der Waals surface area contributed by atoms with E-state index in [-0.39, 0.29) is 17.2 Å². The van der Waals surface area contributed by atoms with E-state index < -0.39 is 10.0 Å². The number of thiazole rings is 1. The van der Waals surface area contributed by atoms with Gasteiger partial charge >= 0.3 is 0 Å². The largest absolute Gasteiger partial charge is 0.309 e. The first-order valence-corrected chi connectivity index (χ1v) is 9.35. The predicted molar refractivity (Wildman–Crippen MR) is 85.7 cm³/mol. The number of sulfonamides is 1. The van der Waals surface area contributed by atoms with E-state index in [4.69, 9.17) is 0 Å². The Morgan fingerprint density at radius 3 is 2.60 bits per heavy atom. The second-order valence-electron chi connectivity index (χ2n) is 6.09. The van der Waals surface area contributed by atoms with Crippen molar-refractivity contribution in [3.05, 3.63) is 11.1 Å². The van der Waals surface area contributed by atoms with Gasteiger partial charge in [0.25, 0.3) is 0 Å². The van der Waals surface area contributed by atoms with Crippen LogP contribution in [0.3, 0.4) is 0 Å². The minimum atomic E-state index is -3.31. The van der Waals surface area contributed by atoms with Gasteiger partial charge in [-0.1, -0.05) is 27.7 Å². The topological polar surface area (TPSA) is 71.1 Å². The van der Waals surface area contributed by atoms with Crippen molar-refractivity contribution < 1.29 is 8.42 Å². The molecule has 0 amide bonds. The summed E-state index contributed by atoms with van der Waals surface area (Å²) in [6.07, 6.45) is 0.619. The fourth-order valence-corrected chi connectivity index (χ4v) is 4.08. The summed E-state index contributed by atoms with van der Waals surface area (Å²) in [6.45, 7) is 11.0. The van der Waals surface area contributed by atoms with E-state index in [0.717, 1.165) is 12.2 Å². The quantitative estimate of drug-likeness (QED) is 0.810. The minimum Gasteiger partial charge on any atom is -0.309 e. The number of anilines is 1. The summed E-state index contributed by atoms with van der Waals surface area (Å²) in [5.74, 6) is 0.119. The Kier molecular flexibility index (Phi) is 5.97. The van der Waals surface area contributed by atoms with Crippen LogP contribution in [0, 0.1) is 5.41 Å². The smallest absolute Gasteiger partial charge is 0.234 e. The highest BCUT2D eigenvalue weighted by molar-refractivity contribution is 7.92. The molecule has 1 rings (SSSR count). The Hall–Kier alpha value is -0.660. The molecule has 0 aliphatic rings. The van der Waals surface area contributed by atoms with Crippen LogP contribution in [0.2, 0.25) is 0 Å². The molecule has 1 heterocycles. The summed E-state index contributed by atoms with van der Waals surface area (Å²) in [5.41, 5.74) is 0.868. The molecule has 116 valence electrons. The summed E-state index contributed by atoms with van der Waals surface area (Å²) < 4.78 is 26.5. The van der Waals surface area contributed by atoms with E-state index in [1.165, 1.54) is 11.3 Å². The Balaban J connectivity index is 2.64. The van der Waals surface area contributed by atoms with Crippen molar-refractivity contribution in [2.45, 2.75) is 47.1 Å². The van der Waals surface area contributed by atoms with Crippen LogP contribution < -0.4 is 10.0 Å². The molecule has 0 saturated heterocycles. The summed E-state index contributed by atoms with van der Waals surface area (Å²) in [4.78, 5) is 4.32. The van der Waals surface area contributed by atoms with Crippen molar-refractivity contribution in [3.8, 4) is 0 Å². The second-order valence-corrected chi connectivity index (χ2v) is 8.79. The Bertz CT molecular complexity index is 518. The van der Waals surface area contributed by atoms with Gasteiger partial charge in [0.15, 0.2) is 5.13 Å². The van der Waals surface area contributed by atoms with E-state index in [0.29, 0.717) is 11.6 Å². The highest BCUT2D eigenvalue weighted by atomic mass is 32.2. The molecule has 1 aromatic rings. The Morgan fingerprint density at radius 2 is 2.05 bits per heavy atom. The third-order valence-corrected chi connectivity index (χ3v) is 4.99. The number of hydrogen-bond acceptors (Lipinski definition) is 5. The average Bonchev–Trinajstić information content (AvgIpc) is 2.74. The molecule has 1 aromatic heterocycles. The van der Waals surface area contributed by atoms with Crippen LogP contribution in [-0.4, -0.2) is 25.7 Å². The van der Waals surface area contributed by atoms with Crippen molar-refractivity contribution in [3.63, 3.8) is 0 Å². The standard InChI is InChI=1S/C13H25N3O2S2/c1-6-14-10(2)11-9-19-12(15-11)16-20(17,18)8-7-13(3,4)5/h9-10,14H,6-8H2,1-5H3,(H,15,16). The fraction of sp³-hybridized carbons (Fsp3) is 0.769. The van der Waals surface area contributed by atoms with Crippen molar-refractivity contribution in [1.29, 1.82) is 0 Å². The van der Waals surface area contributed by atoms with Gasteiger partial charge in [-0.05, 0) is 25.3 Å². The molecule has 0 aromatic carbocycles. The maximum Gasteiger partial charge on any atom is 0.234 e. The SMILES string of the molecule is CCNC(C)c1csc(NS(=O)(=O)CCC(C)(C)C)n1. The molecular weight excluding hydrogens is 294 g/mol. The van der Waals surface area contributed by atoms with E-state index in [2.05, 4.69) is 15.0 Å².